The third-order valence-corrected chi connectivity index (χ3v) is 5.96. The van der Waals surface area contributed by atoms with Gasteiger partial charge in [-0.15, -0.1) is 24.0 Å². The van der Waals surface area contributed by atoms with E-state index in [1.165, 1.54) is 32.4 Å². The van der Waals surface area contributed by atoms with Gasteiger partial charge >= 0.3 is 0 Å². The number of halogens is 1. The first kappa shape index (κ1) is 25.1. The maximum absolute atomic E-state index is 5.61. The summed E-state index contributed by atoms with van der Waals surface area (Å²) in [5, 5.41) is 6.91. The highest BCUT2D eigenvalue weighted by molar-refractivity contribution is 14.0. The van der Waals surface area contributed by atoms with Gasteiger partial charge in [0.25, 0.3) is 0 Å². The molecule has 0 bridgehead atoms. The minimum atomic E-state index is 0. The summed E-state index contributed by atoms with van der Waals surface area (Å²) >= 11 is 0. The van der Waals surface area contributed by atoms with Gasteiger partial charge in [0.1, 0.15) is 5.82 Å². The molecular weight excluding hydrogens is 491 g/mol. The van der Waals surface area contributed by atoms with E-state index < -0.39 is 0 Å². The van der Waals surface area contributed by atoms with Crippen LogP contribution in [0, 0.1) is 0 Å². The summed E-state index contributed by atoms with van der Waals surface area (Å²) in [7, 11) is 1.82. The highest BCUT2D eigenvalue weighted by Gasteiger charge is 2.27. The third kappa shape index (κ3) is 7.23. The average Bonchev–Trinajstić information content (AvgIpc) is 2.75. The van der Waals surface area contributed by atoms with E-state index in [0.717, 1.165) is 43.6 Å². The van der Waals surface area contributed by atoms with Crippen molar-refractivity contribution >= 4 is 35.8 Å². The molecule has 30 heavy (non-hydrogen) atoms. The molecule has 7 nitrogen and oxygen atoms in total. The van der Waals surface area contributed by atoms with E-state index in [1.54, 1.807) is 0 Å². The van der Waals surface area contributed by atoms with E-state index in [0.29, 0.717) is 6.54 Å². The number of guanidine groups is 1. The average molecular weight is 530 g/mol. The smallest absolute Gasteiger partial charge is 0.191 e. The molecule has 3 rings (SSSR count). The van der Waals surface area contributed by atoms with Crippen molar-refractivity contribution < 1.29 is 4.74 Å². The van der Waals surface area contributed by atoms with Gasteiger partial charge in [0, 0.05) is 45.0 Å². The number of aliphatic imine (C=N–C) groups is 1. The van der Waals surface area contributed by atoms with Crippen LogP contribution in [0.4, 0.5) is 5.82 Å². The lowest BCUT2D eigenvalue weighted by molar-refractivity contribution is 0.0529. The number of hydrogen-bond acceptors (Lipinski definition) is 5. The number of hydrogen-bond donors (Lipinski definition) is 2. The predicted octanol–water partition coefficient (Wildman–Crippen LogP) is 2.85. The quantitative estimate of drug-likeness (QED) is 0.335. The van der Waals surface area contributed by atoms with Crippen molar-refractivity contribution in [2.45, 2.75) is 58.2 Å². The zero-order chi connectivity index (χ0) is 20.7. The van der Waals surface area contributed by atoms with Gasteiger partial charge in [0.05, 0.1) is 12.7 Å². The van der Waals surface area contributed by atoms with Crippen LogP contribution >= 0.6 is 24.0 Å². The fraction of sp³-hybridized carbons (Fsp3) is 0.727. The molecule has 1 aromatic heterocycles. The van der Waals surface area contributed by atoms with Crippen LogP contribution in [0.3, 0.4) is 0 Å². The summed E-state index contributed by atoms with van der Waals surface area (Å²) in [4.78, 5) is 13.9. The Labute approximate surface area is 199 Å². The van der Waals surface area contributed by atoms with Crippen LogP contribution in [0.15, 0.2) is 23.3 Å². The Kier molecular flexibility index (Phi) is 10.1. The van der Waals surface area contributed by atoms with E-state index >= 15 is 0 Å². The Morgan fingerprint density at radius 1 is 1.20 bits per heavy atom. The number of nitrogens with zero attached hydrogens (tertiary/aromatic N) is 4. The summed E-state index contributed by atoms with van der Waals surface area (Å²) in [5.41, 5.74) is 1.27. The van der Waals surface area contributed by atoms with Crippen LogP contribution in [0.2, 0.25) is 0 Å². The second-order valence-corrected chi connectivity index (χ2v) is 8.79. The van der Waals surface area contributed by atoms with Gasteiger partial charge in [-0.05, 0) is 58.3 Å². The third-order valence-electron chi connectivity index (χ3n) is 5.96. The van der Waals surface area contributed by atoms with Crippen molar-refractivity contribution in [3.8, 4) is 0 Å². The van der Waals surface area contributed by atoms with Gasteiger partial charge in [-0.25, -0.2) is 4.98 Å². The van der Waals surface area contributed by atoms with Gasteiger partial charge < -0.3 is 20.3 Å². The van der Waals surface area contributed by atoms with Crippen molar-refractivity contribution in [2.75, 3.05) is 51.3 Å². The van der Waals surface area contributed by atoms with Crippen LogP contribution in [0.1, 0.15) is 45.6 Å². The zero-order valence-electron chi connectivity index (χ0n) is 19.0. The molecule has 1 atom stereocenters. The summed E-state index contributed by atoms with van der Waals surface area (Å²) < 4.78 is 5.61. The molecule has 2 N–H and O–H groups in total. The number of anilines is 1. The number of likely N-dealkylation sites (tertiary alicyclic amines) is 1. The molecule has 0 aromatic carbocycles. The number of nitrogens with one attached hydrogen (secondary N) is 2. The fourth-order valence-corrected chi connectivity index (χ4v) is 4.05. The Balaban J connectivity index is 0.00000320. The van der Waals surface area contributed by atoms with E-state index in [4.69, 9.17) is 4.74 Å². The minimum absolute atomic E-state index is 0. The molecule has 8 heteroatoms. The normalized spacial score (nSPS) is 21.1. The van der Waals surface area contributed by atoms with Crippen molar-refractivity contribution in [3.63, 3.8) is 0 Å². The van der Waals surface area contributed by atoms with E-state index in [2.05, 4.69) is 63.3 Å². The van der Waals surface area contributed by atoms with Crippen molar-refractivity contribution in [3.05, 3.63) is 23.9 Å². The van der Waals surface area contributed by atoms with Crippen LogP contribution in [-0.2, 0) is 11.3 Å². The standard InChI is InChI=1S/C22H38N6O.HI/c1-18-16-27(12-13-29-18)20-9-8-19(14-24-20)15-25-21(23-4)26-17-22(2,3)28-10-6-5-7-11-28;/h8-9,14,18H,5-7,10-13,15-17H2,1-4H3,(H2,23,25,26);1H. The molecule has 0 radical (unpaired) electrons. The molecule has 0 saturated carbocycles. The number of rotatable bonds is 6. The molecule has 1 aromatic rings. The Hall–Kier alpha value is -1.13. The van der Waals surface area contributed by atoms with Gasteiger partial charge in [-0.2, -0.15) is 0 Å². The summed E-state index contributed by atoms with van der Waals surface area (Å²) in [5.74, 6) is 1.86. The van der Waals surface area contributed by atoms with Gasteiger partial charge in [0.15, 0.2) is 5.96 Å². The number of piperidine rings is 1. The number of morpholine rings is 1. The second kappa shape index (κ2) is 12.0. The molecule has 3 heterocycles. The van der Waals surface area contributed by atoms with Crippen LogP contribution < -0.4 is 15.5 Å². The van der Waals surface area contributed by atoms with Gasteiger partial charge in [-0.3, -0.25) is 9.89 Å². The van der Waals surface area contributed by atoms with Gasteiger partial charge in [-0.1, -0.05) is 12.5 Å². The SMILES string of the molecule is CN=C(NCc1ccc(N2CCOC(C)C2)nc1)NCC(C)(C)N1CCCCC1.I. The summed E-state index contributed by atoms with van der Waals surface area (Å²) in [6, 6.07) is 4.24. The lowest BCUT2D eigenvalue weighted by atomic mass is 9.98. The molecule has 0 aliphatic carbocycles. The van der Waals surface area contributed by atoms with E-state index in [1.807, 2.05) is 13.2 Å². The molecule has 0 amide bonds. The van der Waals surface area contributed by atoms with Crippen molar-refractivity contribution in [1.82, 2.24) is 20.5 Å². The van der Waals surface area contributed by atoms with Crippen molar-refractivity contribution in [1.29, 1.82) is 0 Å². The lowest BCUT2D eigenvalue weighted by Gasteiger charge is -2.41. The van der Waals surface area contributed by atoms with Gasteiger partial charge in [0.2, 0.25) is 0 Å². The minimum Gasteiger partial charge on any atom is -0.375 e. The molecule has 2 aliphatic heterocycles. The Bertz CT molecular complexity index is 660. The molecule has 170 valence electrons. The topological polar surface area (TPSA) is 65.0 Å². The predicted molar refractivity (Wildman–Crippen MR) is 135 cm³/mol. The van der Waals surface area contributed by atoms with Crippen LogP contribution in [-0.4, -0.2) is 73.9 Å². The zero-order valence-corrected chi connectivity index (χ0v) is 21.3. The van der Waals surface area contributed by atoms with Crippen LogP contribution in [0.25, 0.3) is 0 Å². The Morgan fingerprint density at radius 2 is 1.97 bits per heavy atom. The molecular formula is C22H39IN6O. The number of pyridine rings is 1. The highest BCUT2D eigenvalue weighted by Crippen LogP contribution is 2.20. The molecule has 2 aliphatic rings. The fourth-order valence-electron chi connectivity index (χ4n) is 4.05. The maximum atomic E-state index is 5.61. The first-order valence-electron chi connectivity index (χ1n) is 11.0. The number of ether oxygens (including phenoxy) is 1. The molecule has 2 fully saturated rings. The largest absolute Gasteiger partial charge is 0.375 e. The van der Waals surface area contributed by atoms with Crippen LogP contribution in [0.5, 0.6) is 0 Å². The lowest BCUT2D eigenvalue weighted by Crippen LogP contribution is -2.54. The van der Waals surface area contributed by atoms with Crippen molar-refractivity contribution in [2.24, 2.45) is 4.99 Å². The molecule has 1 unspecified atom stereocenters. The second-order valence-electron chi connectivity index (χ2n) is 8.79. The van der Waals surface area contributed by atoms with E-state index in [-0.39, 0.29) is 35.6 Å². The Morgan fingerprint density at radius 3 is 2.60 bits per heavy atom. The molecule has 0 spiro atoms. The highest BCUT2D eigenvalue weighted by atomic mass is 127. The maximum Gasteiger partial charge on any atom is 0.191 e. The molecule has 2 saturated heterocycles. The summed E-state index contributed by atoms with van der Waals surface area (Å²) in [6.07, 6.45) is 6.19. The first-order valence-corrected chi connectivity index (χ1v) is 11.0. The number of aromatic nitrogens is 1. The van der Waals surface area contributed by atoms with E-state index in [9.17, 15) is 0 Å². The monoisotopic (exact) mass is 530 g/mol. The first-order chi connectivity index (χ1) is 14.0. The summed E-state index contributed by atoms with van der Waals surface area (Å²) in [6.45, 7) is 13.3.